The fourth-order valence-corrected chi connectivity index (χ4v) is 2.96. The van der Waals surface area contributed by atoms with Gasteiger partial charge >= 0.3 is 6.03 Å². The lowest BCUT2D eigenvalue weighted by atomic mass is 9.97. The molecule has 24 heavy (non-hydrogen) atoms. The van der Waals surface area contributed by atoms with Gasteiger partial charge in [0.15, 0.2) is 0 Å². The van der Waals surface area contributed by atoms with E-state index in [0.717, 1.165) is 24.2 Å². The summed E-state index contributed by atoms with van der Waals surface area (Å²) in [7, 11) is 0. The van der Waals surface area contributed by atoms with Crippen LogP contribution in [0.15, 0.2) is 33.8 Å². The molecule has 6 nitrogen and oxygen atoms in total. The fraction of sp³-hybridized carbons (Fsp3) is 0.389. The molecule has 0 atom stereocenters. The van der Waals surface area contributed by atoms with Crippen LogP contribution < -0.4 is 5.32 Å². The first kappa shape index (κ1) is 16.2. The number of amides is 4. The minimum atomic E-state index is -0.688. The van der Waals surface area contributed by atoms with Gasteiger partial charge < -0.3 is 4.42 Å². The van der Waals surface area contributed by atoms with Gasteiger partial charge in [0.05, 0.1) is 0 Å². The quantitative estimate of drug-likeness (QED) is 0.523. The van der Waals surface area contributed by atoms with Crippen molar-refractivity contribution in [1.29, 1.82) is 0 Å². The highest BCUT2D eigenvalue weighted by Gasteiger charge is 2.35. The number of rotatable bonds is 4. The summed E-state index contributed by atoms with van der Waals surface area (Å²) < 4.78 is 5.38. The Balaban J connectivity index is 1.75. The highest BCUT2D eigenvalue weighted by Crippen LogP contribution is 2.22. The first-order valence-electron chi connectivity index (χ1n) is 8.18. The summed E-state index contributed by atoms with van der Waals surface area (Å²) in [6.07, 6.45) is 8.62. The molecule has 3 rings (SSSR count). The third-order valence-electron chi connectivity index (χ3n) is 4.28. The van der Waals surface area contributed by atoms with Crippen molar-refractivity contribution >= 4 is 23.9 Å². The molecule has 0 radical (unpaired) electrons. The summed E-state index contributed by atoms with van der Waals surface area (Å²) in [5, 5.41) is 2.22. The molecule has 4 amide bonds. The molecule has 1 aromatic rings. The van der Waals surface area contributed by atoms with Crippen molar-refractivity contribution in [3.63, 3.8) is 0 Å². The average molecular weight is 328 g/mol. The van der Waals surface area contributed by atoms with E-state index in [1.165, 1.54) is 18.1 Å². The van der Waals surface area contributed by atoms with E-state index < -0.39 is 17.8 Å². The second-order valence-electron chi connectivity index (χ2n) is 6.08. The summed E-state index contributed by atoms with van der Waals surface area (Å²) in [5.74, 6) is -0.167. The van der Waals surface area contributed by atoms with E-state index >= 15 is 0 Å². The Morgan fingerprint density at radius 3 is 2.75 bits per heavy atom. The number of barbiturate groups is 1. The second kappa shape index (κ2) is 6.86. The van der Waals surface area contributed by atoms with Crippen LogP contribution in [0.2, 0.25) is 0 Å². The maximum absolute atomic E-state index is 12.5. The molecule has 126 valence electrons. The Labute approximate surface area is 140 Å². The highest BCUT2D eigenvalue weighted by atomic mass is 16.3. The highest BCUT2D eigenvalue weighted by molar-refractivity contribution is 6.30. The van der Waals surface area contributed by atoms with Crippen LogP contribution in [0.1, 0.15) is 43.6 Å². The van der Waals surface area contributed by atoms with Gasteiger partial charge in [0.1, 0.15) is 17.1 Å². The first-order valence-corrected chi connectivity index (χ1v) is 8.18. The summed E-state index contributed by atoms with van der Waals surface area (Å²) in [4.78, 5) is 37.6. The van der Waals surface area contributed by atoms with E-state index in [-0.39, 0.29) is 12.1 Å². The van der Waals surface area contributed by atoms with Gasteiger partial charge in [-0.05, 0) is 57.2 Å². The van der Waals surface area contributed by atoms with Gasteiger partial charge in [0, 0.05) is 6.54 Å². The van der Waals surface area contributed by atoms with Crippen molar-refractivity contribution in [3.8, 4) is 0 Å². The lowest BCUT2D eigenvalue weighted by Crippen LogP contribution is -2.54. The third-order valence-corrected chi connectivity index (χ3v) is 4.28. The molecule has 1 aliphatic carbocycles. The Kier molecular flexibility index (Phi) is 4.64. The van der Waals surface area contributed by atoms with E-state index in [4.69, 9.17) is 4.42 Å². The Bertz CT molecular complexity index is 742. The molecule has 0 unspecified atom stereocenters. The molecule has 0 aromatic carbocycles. The van der Waals surface area contributed by atoms with Gasteiger partial charge in [-0.25, -0.2) is 4.79 Å². The van der Waals surface area contributed by atoms with Crippen molar-refractivity contribution < 1.29 is 18.8 Å². The Morgan fingerprint density at radius 2 is 2.08 bits per heavy atom. The van der Waals surface area contributed by atoms with Crippen molar-refractivity contribution in [2.45, 2.75) is 39.0 Å². The molecule has 1 fully saturated rings. The molecular weight excluding hydrogens is 308 g/mol. The summed E-state index contributed by atoms with van der Waals surface area (Å²) >= 11 is 0. The van der Waals surface area contributed by atoms with Crippen molar-refractivity contribution in [2.24, 2.45) is 0 Å². The number of urea groups is 1. The van der Waals surface area contributed by atoms with Crippen LogP contribution in [0, 0.1) is 6.92 Å². The normalized spacial score (nSPS) is 20.4. The molecule has 0 spiro atoms. The monoisotopic (exact) mass is 328 g/mol. The number of hydrogen-bond acceptors (Lipinski definition) is 4. The molecule has 1 saturated heterocycles. The van der Waals surface area contributed by atoms with E-state index in [1.807, 2.05) is 0 Å². The van der Waals surface area contributed by atoms with Crippen LogP contribution in [-0.2, 0) is 9.59 Å². The first-order chi connectivity index (χ1) is 11.5. The van der Waals surface area contributed by atoms with E-state index in [2.05, 4.69) is 11.4 Å². The van der Waals surface area contributed by atoms with Crippen molar-refractivity contribution in [3.05, 3.63) is 40.9 Å². The summed E-state index contributed by atoms with van der Waals surface area (Å²) in [6, 6.07) is 2.77. The summed E-state index contributed by atoms with van der Waals surface area (Å²) in [5.41, 5.74) is 1.19. The zero-order valence-corrected chi connectivity index (χ0v) is 13.6. The number of carbonyl (C=O) groups excluding carboxylic acids is 3. The number of aryl methyl sites for hydroxylation is 1. The van der Waals surface area contributed by atoms with Crippen LogP contribution in [0.5, 0.6) is 0 Å². The lowest BCUT2D eigenvalue weighted by molar-refractivity contribution is -0.130. The zero-order chi connectivity index (χ0) is 17.1. The van der Waals surface area contributed by atoms with Crippen molar-refractivity contribution in [1.82, 2.24) is 10.2 Å². The van der Waals surface area contributed by atoms with Crippen molar-refractivity contribution in [2.75, 3.05) is 6.54 Å². The van der Waals surface area contributed by atoms with Crippen LogP contribution >= 0.6 is 0 Å². The fourth-order valence-electron chi connectivity index (χ4n) is 2.96. The largest absolute Gasteiger partial charge is 0.462 e. The van der Waals surface area contributed by atoms with E-state index in [0.29, 0.717) is 17.9 Å². The molecule has 1 aromatic heterocycles. The van der Waals surface area contributed by atoms with Crippen LogP contribution in [0.3, 0.4) is 0 Å². The molecule has 1 N–H and O–H groups in total. The minimum Gasteiger partial charge on any atom is -0.462 e. The zero-order valence-electron chi connectivity index (χ0n) is 13.6. The molecule has 2 aliphatic rings. The smallest absolute Gasteiger partial charge is 0.331 e. The van der Waals surface area contributed by atoms with Gasteiger partial charge in [0.2, 0.25) is 0 Å². The molecule has 0 saturated carbocycles. The number of imide groups is 2. The Morgan fingerprint density at radius 1 is 1.25 bits per heavy atom. The second-order valence-corrected chi connectivity index (χ2v) is 6.08. The molecule has 1 aliphatic heterocycles. The number of hydrogen-bond donors (Lipinski definition) is 1. The van der Waals surface area contributed by atoms with Gasteiger partial charge in [-0.3, -0.25) is 19.8 Å². The van der Waals surface area contributed by atoms with E-state index in [9.17, 15) is 14.4 Å². The maximum atomic E-state index is 12.5. The molecule has 2 heterocycles. The standard InChI is InChI=1S/C18H20N2O4/c1-12-7-8-14(24-12)11-15-16(21)19-18(23)20(17(15)22)10-9-13-5-3-2-4-6-13/h5,7-8,11H,2-4,6,9-10H2,1H3,(H,19,21,23). The average Bonchev–Trinajstić information content (AvgIpc) is 2.97. The predicted octanol–water partition coefficient (Wildman–Crippen LogP) is 2.94. The number of furan rings is 1. The number of nitrogens with zero attached hydrogens (tertiary/aromatic N) is 1. The third kappa shape index (κ3) is 3.48. The maximum Gasteiger partial charge on any atom is 0.331 e. The number of allylic oxidation sites excluding steroid dienone is 1. The topological polar surface area (TPSA) is 79.6 Å². The minimum absolute atomic E-state index is 0.0819. The SMILES string of the molecule is Cc1ccc(C=C2C(=O)NC(=O)N(CCC3=CCCCC3)C2=O)o1. The molecule has 6 heteroatoms. The van der Waals surface area contributed by atoms with E-state index in [1.54, 1.807) is 19.1 Å². The Hall–Kier alpha value is -2.63. The number of nitrogens with one attached hydrogen (secondary N) is 1. The molecule has 0 bridgehead atoms. The van der Waals surface area contributed by atoms with Crippen LogP contribution in [-0.4, -0.2) is 29.3 Å². The number of carbonyl (C=O) groups is 3. The van der Waals surface area contributed by atoms with Gasteiger partial charge in [-0.2, -0.15) is 0 Å². The van der Waals surface area contributed by atoms with Gasteiger partial charge in [-0.15, -0.1) is 0 Å². The lowest BCUT2D eigenvalue weighted by Gasteiger charge is -2.27. The van der Waals surface area contributed by atoms with Gasteiger partial charge in [-0.1, -0.05) is 11.6 Å². The molecular formula is C18H20N2O4. The summed E-state index contributed by atoms with van der Waals surface area (Å²) in [6.45, 7) is 2.05. The predicted molar refractivity (Wildman–Crippen MR) is 87.8 cm³/mol. The van der Waals surface area contributed by atoms with Crippen LogP contribution in [0.4, 0.5) is 4.79 Å². The van der Waals surface area contributed by atoms with Gasteiger partial charge in [0.25, 0.3) is 11.8 Å². The van der Waals surface area contributed by atoms with Crippen LogP contribution in [0.25, 0.3) is 6.08 Å².